The van der Waals surface area contributed by atoms with Crippen molar-refractivity contribution in [1.29, 1.82) is 0 Å². The molecule has 2 aromatic heterocycles. The number of benzene rings is 2. The zero-order chi connectivity index (χ0) is 21.1. The average Bonchev–Trinajstić information content (AvgIpc) is 3.16. The number of esters is 1. The smallest absolute Gasteiger partial charge is 0.411 e. The van der Waals surface area contributed by atoms with Crippen molar-refractivity contribution in [2.45, 2.75) is 13.5 Å². The second kappa shape index (κ2) is 8.12. The van der Waals surface area contributed by atoms with E-state index in [-0.39, 0.29) is 18.8 Å². The Morgan fingerprint density at radius 3 is 2.70 bits per heavy atom. The maximum absolute atomic E-state index is 12.4. The second-order valence-corrected chi connectivity index (χ2v) is 6.49. The van der Waals surface area contributed by atoms with Gasteiger partial charge in [-0.3, -0.25) is 5.32 Å². The Kier molecular flexibility index (Phi) is 5.21. The highest BCUT2D eigenvalue weighted by molar-refractivity contribution is 5.95. The SMILES string of the molecule is CCOC(=O)Nc1ccc2c(COC(=O)c3cc4ccccc4[nH]3)cc(=O)oc2c1. The molecule has 152 valence electrons. The third-order valence-electron chi connectivity index (χ3n) is 4.46. The summed E-state index contributed by atoms with van der Waals surface area (Å²) in [5, 5.41) is 4.04. The number of hydrogen-bond acceptors (Lipinski definition) is 6. The topological polar surface area (TPSA) is 111 Å². The van der Waals surface area contributed by atoms with E-state index in [1.807, 2.05) is 24.3 Å². The summed E-state index contributed by atoms with van der Waals surface area (Å²) in [6.07, 6.45) is -0.609. The Morgan fingerprint density at radius 2 is 1.90 bits per heavy atom. The molecule has 2 N–H and O–H groups in total. The van der Waals surface area contributed by atoms with Crippen molar-refractivity contribution < 1.29 is 23.5 Å². The Morgan fingerprint density at radius 1 is 1.07 bits per heavy atom. The number of para-hydroxylation sites is 1. The number of carbonyl (C=O) groups is 2. The van der Waals surface area contributed by atoms with E-state index in [2.05, 4.69) is 10.3 Å². The largest absolute Gasteiger partial charge is 0.456 e. The van der Waals surface area contributed by atoms with E-state index in [0.717, 1.165) is 10.9 Å². The fourth-order valence-electron chi connectivity index (χ4n) is 3.12. The Bertz CT molecular complexity index is 1270. The van der Waals surface area contributed by atoms with Crippen molar-refractivity contribution in [3.8, 4) is 0 Å². The number of fused-ring (bicyclic) bond motifs is 2. The van der Waals surface area contributed by atoms with E-state index in [1.54, 1.807) is 25.1 Å². The lowest BCUT2D eigenvalue weighted by atomic mass is 10.1. The number of aromatic amines is 1. The van der Waals surface area contributed by atoms with Gasteiger partial charge in [0.1, 0.15) is 17.9 Å². The van der Waals surface area contributed by atoms with Crippen molar-refractivity contribution >= 4 is 39.6 Å². The van der Waals surface area contributed by atoms with Gasteiger partial charge in [0.15, 0.2) is 0 Å². The summed E-state index contributed by atoms with van der Waals surface area (Å²) in [7, 11) is 0. The van der Waals surface area contributed by atoms with Gasteiger partial charge in [0.25, 0.3) is 0 Å². The fraction of sp³-hybridized carbons (Fsp3) is 0.136. The fourth-order valence-corrected chi connectivity index (χ4v) is 3.12. The first-order valence-corrected chi connectivity index (χ1v) is 9.29. The molecule has 30 heavy (non-hydrogen) atoms. The molecule has 0 radical (unpaired) electrons. The number of aromatic nitrogens is 1. The van der Waals surface area contributed by atoms with Gasteiger partial charge in [-0.1, -0.05) is 18.2 Å². The molecule has 0 aliphatic heterocycles. The molecule has 2 aromatic carbocycles. The lowest BCUT2D eigenvalue weighted by Crippen LogP contribution is -2.13. The van der Waals surface area contributed by atoms with Crippen LogP contribution in [0.2, 0.25) is 0 Å². The zero-order valence-corrected chi connectivity index (χ0v) is 16.1. The van der Waals surface area contributed by atoms with Gasteiger partial charge in [0.2, 0.25) is 0 Å². The maximum atomic E-state index is 12.4. The minimum atomic E-state index is -0.609. The molecule has 4 aromatic rings. The summed E-state index contributed by atoms with van der Waals surface area (Å²) in [5.41, 5.74) is 1.73. The molecule has 0 atom stereocenters. The summed E-state index contributed by atoms with van der Waals surface area (Å²) in [5.74, 6) is -0.534. The molecule has 8 nitrogen and oxygen atoms in total. The molecule has 0 saturated heterocycles. The third-order valence-corrected chi connectivity index (χ3v) is 4.46. The summed E-state index contributed by atoms with van der Waals surface area (Å²) in [6, 6.07) is 15.3. The normalized spacial score (nSPS) is 10.8. The van der Waals surface area contributed by atoms with Gasteiger partial charge < -0.3 is 18.9 Å². The van der Waals surface area contributed by atoms with Crippen LogP contribution in [0.3, 0.4) is 0 Å². The van der Waals surface area contributed by atoms with Gasteiger partial charge >= 0.3 is 17.7 Å². The quantitative estimate of drug-likeness (QED) is 0.380. The minimum absolute atomic E-state index is 0.110. The van der Waals surface area contributed by atoms with Crippen LogP contribution in [0.4, 0.5) is 10.5 Å². The van der Waals surface area contributed by atoms with E-state index in [9.17, 15) is 14.4 Å². The van der Waals surface area contributed by atoms with E-state index < -0.39 is 17.7 Å². The van der Waals surface area contributed by atoms with Crippen LogP contribution in [0.1, 0.15) is 23.0 Å². The summed E-state index contributed by atoms with van der Waals surface area (Å²) >= 11 is 0. The number of hydrogen-bond donors (Lipinski definition) is 2. The summed E-state index contributed by atoms with van der Waals surface area (Å²) in [6.45, 7) is 1.82. The molecular formula is C22H18N2O6. The highest BCUT2D eigenvalue weighted by Gasteiger charge is 2.14. The van der Waals surface area contributed by atoms with E-state index in [0.29, 0.717) is 22.3 Å². The van der Waals surface area contributed by atoms with Crippen LogP contribution in [0.15, 0.2) is 63.8 Å². The molecule has 0 unspecified atom stereocenters. The molecular weight excluding hydrogens is 388 g/mol. The molecule has 0 bridgehead atoms. The first kappa shape index (κ1) is 19.3. The second-order valence-electron chi connectivity index (χ2n) is 6.49. The van der Waals surface area contributed by atoms with Crippen LogP contribution in [0, 0.1) is 0 Å². The number of rotatable bonds is 5. The van der Waals surface area contributed by atoms with Crippen LogP contribution >= 0.6 is 0 Å². The highest BCUT2D eigenvalue weighted by Crippen LogP contribution is 2.23. The number of nitrogens with one attached hydrogen (secondary N) is 2. The number of H-pyrrole nitrogens is 1. The molecule has 0 spiro atoms. The average molecular weight is 406 g/mol. The van der Waals surface area contributed by atoms with Crippen LogP contribution in [0.5, 0.6) is 0 Å². The van der Waals surface area contributed by atoms with Crippen LogP contribution in [0.25, 0.3) is 21.9 Å². The molecule has 0 aliphatic carbocycles. The zero-order valence-electron chi connectivity index (χ0n) is 16.1. The lowest BCUT2D eigenvalue weighted by molar-refractivity contribution is 0.0468. The molecule has 2 heterocycles. The monoisotopic (exact) mass is 406 g/mol. The molecule has 0 aliphatic rings. The van der Waals surface area contributed by atoms with Crippen LogP contribution in [-0.4, -0.2) is 23.7 Å². The van der Waals surface area contributed by atoms with Gasteiger partial charge in [-0.2, -0.15) is 0 Å². The van der Waals surface area contributed by atoms with Crippen LogP contribution < -0.4 is 10.9 Å². The van der Waals surface area contributed by atoms with Gasteiger partial charge in [-0.15, -0.1) is 0 Å². The van der Waals surface area contributed by atoms with E-state index >= 15 is 0 Å². The van der Waals surface area contributed by atoms with Crippen molar-refractivity contribution in [2.24, 2.45) is 0 Å². The van der Waals surface area contributed by atoms with E-state index in [1.165, 1.54) is 12.1 Å². The number of carbonyl (C=O) groups excluding carboxylic acids is 2. The van der Waals surface area contributed by atoms with Crippen molar-refractivity contribution in [2.75, 3.05) is 11.9 Å². The van der Waals surface area contributed by atoms with E-state index in [4.69, 9.17) is 13.9 Å². The number of anilines is 1. The minimum Gasteiger partial charge on any atom is -0.456 e. The van der Waals surface area contributed by atoms with Crippen molar-refractivity contribution in [1.82, 2.24) is 4.98 Å². The van der Waals surface area contributed by atoms with Crippen molar-refractivity contribution in [3.05, 3.63) is 76.3 Å². The summed E-state index contributed by atoms with van der Waals surface area (Å²) < 4.78 is 15.4. The first-order valence-electron chi connectivity index (χ1n) is 9.29. The molecule has 8 heteroatoms. The molecule has 4 rings (SSSR count). The van der Waals surface area contributed by atoms with Gasteiger partial charge in [-0.25, -0.2) is 14.4 Å². The van der Waals surface area contributed by atoms with Gasteiger partial charge in [-0.05, 0) is 31.2 Å². The molecule has 1 amide bonds. The standard InChI is InChI=1S/C22H18N2O6/c1-2-28-22(27)23-15-7-8-16-14(10-20(25)30-19(16)11-15)12-29-21(26)18-9-13-5-3-4-6-17(13)24-18/h3-11,24H,2,12H2,1H3,(H,23,27). The van der Waals surface area contributed by atoms with Crippen molar-refractivity contribution in [3.63, 3.8) is 0 Å². The number of amides is 1. The Labute approximate surface area is 170 Å². The summed E-state index contributed by atoms with van der Waals surface area (Å²) in [4.78, 5) is 39.0. The first-order chi connectivity index (χ1) is 14.5. The predicted octanol–water partition coefficient (Wildman–Crippen LogP) is 4.20. The highest BCUT2D eigenvalue weighted by atomic mass is 16.5. The Hall–Kier alpha value is -4.07. The molecule has 0 fully saturated rings. The lowest BCUT2D eigenvalue weighted by Gasteiger charge is -2.09. The maximum Gasteiger partial charge on any atom is 0.411 e. The molecule has 0 saturated carbocycles. The Balaban J connectivity index is 1.55. The van der Waals surface area contributed by atoms with Crippen LogP contribution in [-0.2, 0) is 16.1 Å². The predicted molar refractivity (Wildman–Crippen MR) is 111 cm³/mol. The van der Waals surface area contributed by atoms with Gasteiger partial charge in [0, 0.05) is 39.7 Å². The number of ether oxygens (including phenoxy) is 2. The third kappa shape index (κ3) is 4.02. The van der Waals surface area contributed by atoms with Gasteiger partial charge in [0.05, 0.1) is 6.61 Å².